The van der Waals surface area contributed by atoms with Gasteiger partial charge in [-0.1, -0.05) is 86.1 Å². The summed E-state index contributed by atoms with van der Waals surface area (Å²) in [5, 5.41) is 49.1. The minimum absolute atomic E-state index is 0.0411. The first-order valence-corrected chi connectivity index (χ1v) is 21.8. The minimum atomic E-state index is -0.645. The van der Waals surface area contributed by atoms with Gasteiger partial charge >= 0.3 is 0 Å². The molecule has 1 aliphatic rings. The molecule has 0 aliphatic carbocycles. The highest BCUT2D eigenvalue weighted by Gasteiger charge is 2.33. The maximum atomic E-state index is 13.1. The second-order valence-electron chi connectivity index (χ2n) is 17.3. The van der Waals surface area contributed by atoms with Crippen LogP contribution in [0.1, 0.15) is 120 Å². The molecule has 1 aliphatic heterocycles. The van der Waals surface area contributed by atoms with E-state index in [0.717, 1.165) is 38.5 Å². The monoisotopic (exact) mass is 793 g/mol. The molecule has 326 valence electrons. The maximum absolute atomic E-state index is 13.1. The maximum Gasteiger partial charge on any atom is 0.243 e. The molecule has 0 saturated carbocycles. The van der Waals surface area contributed by atoms with Gasteiger partial charge in [-0.2, -0.15) is 0 Å². The van der Waals surface area contributed by atoms with Gasteiger partial charge in [0, 0.05) is 43.9 Å². The number of methoxy groups -OCH3 is 1. The number of hydrogen-bond acceptors (Lipinski definition) is 9. The Morgan fingerprint density at radius 2 is 1.11 bits per heavy atom. The van der Waals surface area contributed by atoms with Crippen LogP contribution in [-0.4, -0.2) is 125 Å². The molecule has 0 aromatic carbocycles. The standard InChI is InChI=1S/C45H84N4O7/c1-11-33(5)20-22-38(12-2)43(53)31-48(28-37(9)50)24-15-13-17-39-44(54)47-40(45(55)46-39)18-14-16-25-49(30-42(52)36(8)23-26-56-10)29-41(51)35(7)21-19-34(6)27-32(3)4/h19-23,26,32-43,50-53H,11-18,24-25,27-31H2,1-10H3,(H,46,55)(H,47,54)/b21-19-,22-20-,26-23-. The number of nitrogens with zero attached hydrogens (tertiary/aromatic N) is 2. The van der Waals surface area contributed by atoms with E-state index in [9.17, 15) is 30.0 Å². The van der Waals surface area contributed by atoms with Crippen molar-refractivity contribution in [2.75, 3.05) is 46.4 Å². The van der Waals surface area contributed by atoms with Crippen LogP contribution in [-0.2, 0) is 14.3 Å². The molecule has 11 heteroatoms. The van der Waals surface area contributed by atoms with E-state index >= 15 is 0 Å². The molecule has 1 heterocycles. The van der Waals surface area contributed by atoms with Crippen molar-refractivity contribution in [3.63, 3.8) is 0 Å². The number of nitrogens with one attached hydrogen (secondary N) is 2. The second kappa shape index (κ2) is 29.0. The SMILES string of the molecule is CCC(C)/C=C\C(CC)C(O)CN(CCCCC1NC(=O)C(CCCCN(CC(O)C(C)/C=C\OC)CC(O)C(C)/C=C\C(C)CC(C)C)NC1=O)CC(C)O. The van der Waals surface area contributed by atoms with Crippen molar-refractivity contribution in [2.45, 2.75) is 157 Å². The lowest BCUT2D eigenvalue weighted by molar-refractivity contribution is -0.137. The number of carbonyl (C=O) groups is 2. The molecule has 0 radical (unpaired) electrons. The van der Waals surface area contributed by atoms with Crippen LogP contribution in [0.15, 0.2) is 36.6 Å². The summed E-state index contributed by atoms with van der Waals surface area (Å²) < 4.78 is 5.04. The molecule has 1 fully saturated rings. The van der Waals surface area contributed by atoms with E-state index in [-0.39, 0.29) is 29.6 Å². The average molecular weight is 793 g/mol. The van der Waals surface area contributed by atoms with Gasteiger partial charge in [-0.05, 0) is 95.2 Å². The predicted molar refractivity (Wildman–Crippen MR) is 229 cm³/mol. The third kappa shape index (κ3) is 22.0. The van der Waals surface area contributed by atoms with Crippen LogP contribution in [0.2, 0.25) is 0 Å². The number of unbranched alkanes of at least 4 members (excludes halogenated alkanes) is 2. The molecule has 1 rings (SSSR count). The third-order valence-corrected chi connectivity index (χ3v) is 11.2. The van der Waals surface area contributed by atoms with Crippen LogP contribution in [0.4, 0.5) is 0 Å². The van der Waals surface area contributed by atoms with Crippen LogP contribution >= 0.6 is 0 Å². The van der Waals surface area contributed by atoms with Crippen molar-refractivity contribution >= 4 is 11.8 Å². The van der Waals surface area contributed by atoms with Crippen molar-refractivity contribution in [3.05, 3.63) is 36.6 Å². The molecule has 0 bridgehead atoms. The quantitative estimate of drug-likeness (QED) is 0.0296. The minimum Gasteiger partial charge on any atom is -0.505 e. The molecule has 0 aromatic heterocycles. The number of aliphatic hydroxyl groups is 4. The summed E-state index contributed by atoms with van der Waals surface area (Å²) in [4.78, 5) is 30.3. The Morgan fingerprint density at radius 1 is 0.625 bits per heavy atom. The molecule has 11 atom stereocenters. The van der Waals surface area contributed by atoms with E-state index in [1.54, 1.807) is 20.3 Å². The second-order valence-corrected chi connectivity index (χ2v) is 17.3. The number of hydrogen-bond donors (Lipinski definition) is 6. The molecule has 11 nitrogen and oxygen atoms in total. The lowest BCUT2D eigenvalue weighted by Gasteiger charge is -2.31. The van der Waals surface area contributed by atoms with Gasteiger partial charge in [0.25, 0.3) is 0 Å². The topological polar surface area (TPSA) is 155 Å². The Morgan fingerprint density at radius 3 is 1.57 bits per heavy atom. The Kier molecular flexibility index (Phi) is 26.8. The van der Waals surface area contributed by atoms with Gasteiger partial charge in [0.1, 0.15) is 12.1 Å². The largest absolute Gasteiger partial charge is 0.505 e. The number of ether oxygens (including phenoxy) is 1. The fraction of sp³-hybridized carbons (Fsp3) is 0.822. The fourth-order valence-corrected chi connectivity index (χ4v) is 7.25. The van der Waals surface area contributed by atoms with Gasteiger partial charge in [0.15, 0.2) is 0 Å². The summed E-state index contributed by atoms with van der Waals surface area (Å²) in [5.41, 5.74) is 0. The summed E-state index contributed by atoms with van der Waals surface area (Å²) in [6, 6.07) is -1.17. The number of piperazine rings is 1. The van der Waals surface area contributed by atoms with E-state index < -0.39 is 36.5 Å². The molecule has 1 saturated heterocycles. The van der Waals surface area contributed by atoms with Gasteiger partial charge < -0.3 is 35.8 Å². The molecule has 56 heavy (non-hydrogen) atoms. The molecule has 0 aromatic rings. The normalized spacial score (nSPS) is 21.7. The summed E-state index contributed by atoms with van der Waals surface area (Å²) in [6.07, 6.45) is 16.6. The molecule has 0 spiro atoms. The molecule has 2 amide bonds. The first-order valence-electron chi connectivity index (χ1n) is 21.8. The first kappa shape index (κ1) is 51.7. The zero-order valence-electron chi connectivity index (χ0n) is 36.9. The summed E-state index contributed by atoms with van der Waals surface area (Å²) in [7, 11) is 1.57. The molecular formula is C45H84N4O7. The van der Waals surface area contributed by atoms with Crippen molar-refractivity contribution in [3.8, 4) is 0 Å². The van der Waals surface area contributed by atoms with Crippen LogP contribution in [0.5, 0.6) is 0 Å². The number of aliphatic hydroxyl groups excluding tert-OH is 4. The van der Waals surface area contributed by atoms with Crippen molar-refractivity contribution in [2.24, 2.45) is 35.5 Å². The Hall–Kier alpha value is -2.28. The molecular weight excluding hydrogens is 709 g/mol. The lowest BCUT2D eigenvalue weighted by Crippen LogP contribution is -2.61. The van der Waals surface area contributed by atoms with Crippen molar-refractivity contribution in [1.82, 2.24) is 20.4 Å². The third-order valence-electron chi connectivity index (χ3n) is 11.2. The van der Waals surface area contributed by atoms with Crippen LogP contribution < -0.4 is 10.6 Å². The Bertz CT molecular complexity index is 1150. The first-order chi connectivity index (χ1) is 26.5. The van der Waals surface area contributed by atoms with Gasteiger partial charge in [-0.15, -0.1) is 0 Å². The molecule has 11 unspecified atom stereocenters. The average Bonchev–Trinajstić information content (AvgIpc) is 3.13. The lowest BCUT2D eigenvalue weighted by atomic mass is 9.95. The van der Waals surface area contributed by atoms with E-state index in [2.05, 4.69) is 86.3 Å². The zero-order chi connectivity index (χ0) is 42.2. The van der Waals surface area contributed by atoms with E-state index in [0.29, 0.717) is 76.3 Å². The Balaban J connectivity index is 2.68. The Labute approximate surface area is 341 Å². The molecule has 6 N–H and O–H groups in total. The van der Waals surface area contributed by atoms with Crippen molar-refractivity contribution < 1.29 is 34.8 Å². The summed E-state index contributed by atoms with van der Waals surface area (Å²) in [6.45, 7) is 21.8. The highest BCUT2D eigenvalue weighted by molar-refractivity contribution is 5.96. The van der Waals surface area contributed by atoms with E-state index in [4.69, 9.17) is 4.74 Å². The van der Waals surface area contributed by atoms with Gasteiger partial charge in [-0.3, -0.25) is 19.4 Å². The number of carbonyl (C=O) groups excluding carboxylic acids is 2. The highest BCUT2D eigenvalue weighted by Crippen LogP contribution is 2.19. The summed E-state index contributed by atoms with van der Waals surface area (Å²) in [5.74, 6) is 1.06. The summed E-state index contributed by atoms with van der Waals surface area (Å²) >= 11 is 0. The fourth-order valence-electron chi connectivity index (χ4n) is 7.25. The van der Waals surface area contributed by atoms with Crippen molar-refractivity contribution in [1.29, 1.82) is 0 Å². The number of amides is 2. The number of rotatable bonds is 31. The van der Waals surface area contributed by atoms with Gasteiger partial charge in [0.05, 0.1) is 37.8 Å². The van der Waals surface area contributed by atoms with Gasteiger partial charge in [0.2, 0.25) is 11.8 Å². The van der Waals surface area contributed by atoms with E-state index in [1.807, 2.05) is 19.9 Å². The van der Waals surface area contributed by atoms with Crippen LogP contribution in [0.25, 0.3) is 0 Å². The van der Waals surface area contributed by atoms with Crippen LogP contribution in [0.3, 0.4) is 0 Å². The van der Waals surface area contributed by atoms with Gasteiger partial charge in [-0.25, -0.2) is 0 Å². The zero-order valence-corrected chi connectivity index (χ0v) is 36.9. The van der Waals surface area contributed by atoms with Crippen LogP contribution in [0, 0.1) is 35.5 Å². The highest BCUT2D eigenvalue weighted by atomic mass is 16.5. The smallest absolute Gasteiger partial charge is 0.243 e. The number of allylic oxidation sites excluding steroid dienone is 2. The predicted octanol–water partition coefficient (Wildman–Crippen LogP) is 5.68. The van der Waals surface area contributed by atoms with E-state index in [1.165, 1.54) is 0 Å².